The van der Waals surface area contributed by atoms with Crippen LogP contribution in [-0.4, -0.2) is 71.2 Å². The summed E-state index contributed by atoms with van der Waals surface area (Å²) in [6.45, 7) is 2.37. The monoisotopic (exact) mass is 756 g/mol. The maximum atomic E-state index is 5.85. The van der Waals surface area contributed by atoms with Crippen molar-refractivity contribution in [1.82, 2.24) is 0 Å². The molecule has 0 saturated heterocycles. The highest BCUT2D eigenvalue weighted by Crippen LogP contribution is 2.38. The second-order valence-corrected chi connectivity index (χ2v) is 19.0. The highest BCUT2D eigenvalue weighted by molar-refractivity contribution is 6.69. The van der Waals surface area contributed by atoms with E-state index in [9.17, 15) is 0 Å². The van der Waals surface area contributed by atoms with Crippen LogP contribution in [0.2, 0.25) is 0 Å². The summed E-state index contributed by atoms with van der Waals surface area (Å²) in [7, 11) is 7.51. The van der Waals surface area contributed by atoms with Gasteiger partial charge in [0.25, 0.3) is 0 Å². The fourth-order valence-electron chi connectivity index (χ4n) is 7.42. The van der Waals surface area contributed by atoms with E-state index in [1.54, 1.807) is 42.7 Å². The third-order valence-electron chi connectivity index (χ3n) is 10.2. The highest BCUT2D eigenvalue weighted by atomic mass is 28.2. The Labute approximate surface area is 320 Å². The Morgan fingerprint density at radius 2 is 0.642 bits per heavy atom. The second-order valence-electron chi connectivity index (χ2n) is 13.2. The van der Waals surface area contributed by atoms with Gasteiger partial charge >= 0.3 is 0 Å². The van der Waals surface area contributed by atoms with Gasteiger partial charge in [-0.2, -0.15) is 0 Å². The molecular weight excluding hydrogens is 709 g/mol. The smallest absolute Gasteiger partial charge is 0.160 e. The van der Waals surface area contributed by atoms with Crippen molar-refractivity contribution in [2.24, 2.45) is 0 Å². The summed E-state index contributed by atoms with van der Waals surface area (Å²) in [5.74, 6) is 4.77. The standard InChI is InChI=1S/C44H48O6Si3/c1-44(29-14-8-17-32(26-29)51-38-23-11-20-35(45-2)41(38)48-5,30-15-9-18-33(27-30)52-39-24-12-21-36(46-3)42(39)49-6)31-16-10-19-34(28-31)53-40-25-13-22-37(47-4)43(40)50-7/h8-28H,51-53H2,1-7H3. The predicted octanol–water partition coefficient (Wildman–Crippen LogP) is 2.45. The first-order valence-electron chi connectivity index (χ1n) is 17.7. The number of ether oxygens (including phenoxy) is 6. The van der Waals surface area contributed by atoms with Gasteiger partial charge in [-0.25, -0.2) is 0 Å². The van der Waals surface area contributed by atoms with Gasteiger partial charge < -0.3 is 28.4 Å². The zero-order valence-electron chi connectivity index (χ0n) is 31.7. The minimum atomic E-state index is -0.908. The molecule has 6 aromatic rings. The normalized spacial score (nSPS) is 12.7. The van der Waals surface area contributed by atoms with Crippen molar-refractivity contribution in [2.45, 2.75) is 12.3 Å². The topological polar surface area (TPSA) is 55.4 Å². The molecule has 9 heteroatoms. The molecule has 0 fully saturated rings. The lowest BCUT2D eigenvalue weighted by Crippen LogP contribution is -2.35. The van der Waals surface area contributed by atoms with Crippen LogP contribution in [0.1, 0.15) is 23.6 Å². The average molecular weight is 757 g/mol. The van der Waals surface area contributed by atoms with Crippen molar-refractivity contribution in [3.63, 3.8) is 0 Å². The zero-order valence-corrected chi connectivity index (χ0v) is 35.9. The van der Waals surface area contributed by atoms with E-state index in [0.717, 1.165) is 34.5 Å². The van der Waals surface area contributed by atoms with Gasteiger partial charge in [0.15, 0.2) is 34.5 Å². The van der Waals surface area contributed by atoms with Gasteiger partial charge in [-0.05, 0) is 57.4 Å². The number of rotatable bonds is 15. The summed E-state index contributed by atoms with van der Waals surface area (Å²) < 4.78 is 34.5. The van der Waals surface area contributed by atoms with Crippen LogP contribution < -0.4 is 59.5 Å². The molecule has 0 N–H and O–H groups in total. The largest absolute Gasteiger partial charge is 0.493 e. The Morgan fingerprint density at radius 1 is 0.358 bits per heavy atom. The van der Waals surface area contributed by atoms with Crippen molar-refractivity contribution >= 4 is 59.7 Å². The van der Waals surface area contributed by atoms with Crippen molar-refractivity contribution in [2.75, 3.05) is 42.7 Å². The van der Waals surface area contributed by atoms with E-state index in [1.165, 1.54) is 47.8 Å². The molecule has 0 aromatic heterocycles. The SMILES string of the molecule is COc1cccc([SiH2]c2cccc(C(C)(c3cccc([SiH2]c4cccc(OC)c4OC)c3)c3cccc([SiH2]c4cccc(OC)c4OC)c3)c2)c1OC. The maximum absolute atomic E-state index is 5.85. The first kappa shape index (κ1) is 37.5. The third kappa shape index (κ3) is 7.92. The average Bonchev–Trinajstić information content (AvgIpc) is 3.20. The summed E-state index contributed by atoms with van der Waals surface area (Å²) in [4.78, 5) is 0. The quantitative estimate of drug-likeness (QED) is 0.119. The van der Waals surface area contributed by atoms with Gasteiger partial charge in [0.05, 0.1) is 71.2 Å². The van der Waals surface area contributed by atoms with E-state index >= 15 is 0 Å². The van der Waals surface area contributed by atoms with Crippen LogP contribution in [0.5, 0.6) is 34.5 Å². The van der Waals surface area contributed by atoms with E-state index in [0.29, 0.717) is 0 Å². The Morgan fingerprint density at radius 3 is 0.906 bits per heavy atom. The van der Waals surface area contributed by atoms with Crippen molar-refractivity contribution in [3.8, 4) is 34.5 Å². The Balaban J connectivity index is 1.47. The highest BCUT2D eigenvalue weighted by Gasteiger charge is 2.32. The van der Waals surface area contributed by atoms with Crippen molar-refractivity contribution < 1.29 is 28.4 Å². The predicted molar refractivity (Wildman–Crippen MR) is 227 cm³/mol. The molecule has 272 valence electrons. The summed E-state index contributed by atoms with van der Waals surface area (Å²) in [6.07, 6.45) is 0. The van der Waals surface area contributed by atoms with Crippen LogP contribution in [-0.2, 0) is 5.41 Å². The molecule has 0 amide bonds. The number of benzene rings is 6. The lowest BCUT2D eigenvalue weighted by Gasteiger charge is -2.33. The number of para-hydroxylation sites is 3. The van der Waals surface area contributed by atoms with Gasteiger partial charge in [-0.3, -0.25) is 0 Å². The molecule has 0 aliphatic carbocycles. The molecule has 0 aliphatic heterocycles. The molecule has 0 spiro atoms. The van der Waals surface area contributed by atoms with E-state index in [-0.39, 0.29) is 0 Å². The van der Waals surface area contributed by atoms with Crippen LogP contribution in [0, 0.1) is 0 Å². The molecule has 0 saturated carbocycles. The summed E-state index contributed by atoms with van der Waals surface area (Å²) in [5, 5.41) is 7.64. The van der Waals surface area contributed by atoms with Crippen LogP contribution >= 0.6 is 0 Å². The van der Waals surface area contributed by atoms with Gasteiger partial charge in [-0.1, -0.05) is 125 Å². The van der Waals surface area contributed by atoms with E-state index < -0.39 is 34.0 Å². The lowest BCUT2D eigenvalue weighted by molar-refractivity contribution is 0.357. The molecule has 6 rings (SSSR count). The minimum Gasteiger partial charge on any atom is -0.493 e. The molecule has 0 unspecified atom stereocenters. The molecular formula is C44H48O6Si3. The molecule has 53 heavy (non-hydrogen) atoms. The maximum Gasteiger partial charge on any atom is 0.160 e. The second kappa shape index (κ2) is 17.1. The molecule has 6 nitrogen and oxygen atoms in total. The number of methoxy groups -OCH3 is 6. The van der Waals surface area contributed by atoms with Crippen molar-refractivity contribution in [1.29, 1.82) is 0 Å². The number of hydrogen-bond donors (Lipinski definition) is 0. The zero-order chi connectivity index (χ0) is 37.4. The summed E-state index contributed by atoms with van der Waals surface area (Å²) in [5.41, 5.74) is 3.30. The fraction of sp³-hybridized carbons (Fsp3) is 0.182. The van der Waals surface area contributed by atoms with Crippen LogP contribution in [0.3, 0.4) is 0 Å². The Bertz CT molecular complexity index is 1940. The minimum absolute atomic E-state index is 0.450. The fourth-order valence-corrected chi connectivity index (χ4v) is 12.7. The summed E-state index contributed by atoms with van der Waals surface area (Å²) >= 11 is 0. The first-order chi connectivity index (χ1) is 25.9. The Kier molecular flexibility index (Phi) is 12.1. The van der Waals surface area contributed by atoms with E-state index in [2.05, 4.69) is 116 Å². The molecule has 0 atom stereocenters. The summed E-state index contributed by atoms with van der Waals surface area (Å²) in [6, 6.07) is 46.0. The van der Waals surface area contributed by atoms with Gasteiger partial charge in [-0.15, -0.1) is 0 Å². The molecule has 0 bridgehead atoms. The van der Waals surface area contributed by atoms with Crippen LogP contribution in [0.4, 0.5) is 0 Å². The van der Waals surface area contributed by atoms with Gasteiger partial charge in [0, 0.05) is 5.41 Å². The molecule has 6 aromatic carbocycles. The van der Waals surface area contributed by atoms with E-state index in [1.807, 2.05) is 18.2 Å². The lowest BCUT2D eigenvalue weighted by atomic mass is 9.71. The van der Waals surface area contributed by atoms with Gasteiger partial charge in [0.1, 0.15) is 0 Å². The third-order valence-corrected chi connectivity index (χ3v) is 15.5. The van der Waals surface area contributed by atoms with Crippen molar-refractivity contribution in [3.05, 3.63) is 144 Å². The Hall–Kier alpha value is -5.23. The molecule has 0 radical (unpaired) electrons. The number of hydrogen-bond acceptors (Lipinski definition) is 6. The van der Waals surface area contributed by atoms with E-state index in [4.69, 9.17) is 28.4 Å². The molecule has 0 heterocycles. The first-order valence-corrected chi connectivity index (χ1v) is 22.0. The molecule has 0 aliphatic rings. The van der Waals surface area contributed by atoms with Crippen LogP contribution in [0.15, 0.2) is 127 Å². The van der Waals surface area contributed by atoms with Gasteiger partial charge in [0.2, 0.25) is 0 Å². The van der Waals surface area contributed by atoms with Crippen LogP contribution in [0.25, 0.3) is 0 Å².